The molecule has 0 bridgehead atoms. The van der Waals surface area contributed by atoms with Crippen molar-refractivity contribution in [1.29, 1.82) is 0 Å². The largest absolute Gasteiger partial charge is 0.344 e. The van der Waals surface area contributed by atoms with Gasteiger partial charge >= 0.3 is 0 Å². The van der Waals surface area contributed by atoms with Crippen LogP contribution in [0.2, 0.25) is 0 Å². The first kappa shape index (κ1) is 22.4. The van der Waals surface area contributed by atoms with Crippen LogP contribution in [0.4, 0.5) is 15.8 Å². The Morgan fingerprint density at radius 3 is 2.31 bits per heavy atom. The molecule has 7 nitrogen and oxygen atoms in total. The molecule has 9 heteroatoms. The number of aryl methyl sites for hydroxylation is 1. The maximum Gasteiger partial charge on any atom is 0.262 e. The number of para-hydroxylation sites is 1. The van der Waals surface area contributed by atoms with Gasteiger partial charge in [-0.05, 0) is 42.7 Å². The number of anilines is 2. The predicted molar refractivity (Wildman–Crippen MR) is 109 cm³/mol. The highest BCUT2D eigenvalue weighted by molar-refractivity contribution is 7.92. The van der Waals surface area contributed by atoms with Gasteiger partial charge in [-0.2, -0.15) is 0 Å². The van der Waals surface area contributed by atoms with Gasteiger partial charge < -0.3 is 10.6 Å². The van der Waals surface area contributed by atoms with E-state index in [-0.39, 0.29) is 28.1 Å². The number of halogens is 1. The van der Waals surface area contributed by atoms with Crippen LogP contribution in [0.3, 0.4) is 0 Å². The van der Waals surface area contributed by atoms with Crippen LogP contribution < -0.4 is 15.4 Å². The van der Waals surface area contributed by atoms with Gasteiger partial charge in [0, 0.05) is 12.6 Å². The summed E-state index contributed by atoms with van der Waals surface area (Å²) in [6, 6.07) is 9.04. The highest BCUT2D eigenvalue weighted by Crippen LogP contribution is 2.24. The first-order chi connectivity index (χ1) is 13.5. The third-order valence-corrected chi connectivity index (χ3v) is 5.68. The molecule has 3 N–H and O–H groups in total. The highest BCUT2D eigenvalue weighted by atomic mass is 32.2. The summed E-state index contributed by atoms with van der Waals surface area (Å²) in [5.41, 5.74) is 0.492. The molecule has 29 heavy (non-hydrogen) atoms. The molecule has 0 saturated carbocycles. The molecule has 2 amide bonds. The zero-order chi connectivity index (χ0) is 21.8. The molecule has 2 rings (SSSR count). The summed E-state index contributed by atoms with van der Waals surface area (Å²) < 4.78 is 41.6. The third-order valence-electron chi connectivity index (χ3n) is 4.17. The number of carbonyl (C=O) groups excluding carboxylic acids is 2. The minimum absolute atomic E-state index is 0.0980. The molecule has 0 spiro atoms. The van der Waals surface area contributed by atoms with E-state index in [1.165, 1.54) is 37.3 Å². The Morgan fingerprint density at radius 2 is 1.72 bits per heavy atom. The Bertz CT molecular complexity index is 1020. The highest BCUT2D eigenvalue weighted by Gasteiger charge is 2.24. The summed E-state index contributed by atoms with van der Waals surface area (Å²) in [5.74, 6) is -1.69. The molecule has 2 aromatic carbocycles. The Balaban J connectivity index is 2.30. The smallest absolute Gasteiger partial charge is 0.262 e. The molecule has 0 heterocycles. The summed E-state index contributed by atoms with van der Waals surface area (Å²) in [5, 5.41) is 5.19. The van der Waals surface area contributed by atoms with Gasteiger partial charge in [-0.25, -0.2) is 12.8 Å². The van der Waals surface area contributed by atoms with E-state index in [1.807, 2.05) is 0 Å². The molecule has 0 aliphatic heterocycles. The van der Waals surface area contributed by atoms with Gasteiger partial charge in [-0.15, -0.1) is 0 Å². The summed E-state index contributed by atoms with van der Waals surface area (Å²) in [6.45, 7) is 6.47. The average Bonchev–Trinajstić information content (AvgIpc) is 2.62. The van der Waals surface area contributed by atoms with Crippen LogP contribution >= 0.6 is 0 Å². The Hall–Kier alpha value is -2.94. The lowest BCUT2D eigenvalue weighted by Gasteiger charge is -2.21. The van der Waals surface area contributed by atoms with Crippen molar-refractivity contribution in [3.63, 3.8) is 0 Å². The van der Waals surface area contributed by atoms with E-state index in [4.69, 9.17) is 0 Å². The van der Waals surface area contributed by atoms with Gasteiger partial charge in [0.15, 0.2) is 0 Å². The van der Waals surface area contributed by atoms with Crippen LogP contribution in [0.15, 0.2) is 47.4 Å². The maximum absolute atomic E-state index is 13.8. The zero-order valence-electron chi connectivity index (χ0n) is 16.6. The molecule has 2 aromatic rings. The number of sulfonamides is 1. The molecule has 0 aromatic heterocycles. The molecule has 0 radical (unpaired) electrons. The van der Waals surface area contributed by atoms with Crippen LogP contribution in [0.25, 0.3) is 0 Å². The molecule has 0 fully saturated rings. The monoisotopic (exact) mass is 421 g/mol. The van der Waals surface area contributed by atoms with Gasteiger partial charge in [0.2, 0.25) is 11.8 Å². The summed E-state index contributed by atoms with van der Waals surface area (Å²) in [4.78, 5) is 23.8. The molecule has 1 atom stereocenters. The topological polar surface area (TPSA) is 104 Å². The molecule has 0 unspecified atom stereocenters. The van der Waals surface area contributed by atoms with Gasteiger partial charge in [-0.1, -0.05) is 32.0 Å². The van der Waals surface area contributed by atoms with E-state index < -0.39 is 27.8 Å². The second-order valence-electron chi connectivity index (χ2n) is 6.98. The number of hydrogen-bond donors (Lipinski definition) is 3. The molecule has 0 aliphatic carbocycles. The van der Waals surface area contributed by atoms with Crippen molar-refractivity contribution >= 4 is 33.2 Å². The quantitative estimate of drug-likeness (QED) is 0.639. The van der Waals surface area contributed by atoms with Gasteiger partial charge in [0.1, 0.15) is 11.9 Å². The molecule has 156 valence electrons. The lowest BCUT2D eigenvalue weighted by atomic mass is 10.0. The Kier molecular flexibility index (Phi) is 6.97. The lowest BCUT2D eigenvalue weighted by Crippen LogP contribution is -2.46. The van der Waals surface area contributed by atoms with Crippen LogP contribution in [0.5, 0.6) is 0 Å². The van der Waals surface area contributed by atoms with E-state index in [2.05, 4.69) is 15.4 Å². The zero-order valence-corrected chi connectivity index (χ0v) is 17.4. The number of hydrogen-bond acceptors (Lipinski definition) is 4. The van der Waals surface area contributed by atoms with Crippen LogP contribution in [-0.2, 0) is 19.6 Å². The predicted octanol–water partition coefficient (Wildman–Crippen LogP) is 3.03. The van der Waals surface area contributed by atoms with Gasteiger partial charge in [-0.3, -0.25) is 14.3 Å². The van der Waals surface area contributed by atoms with E-state index in [1.54, 1.807) is 26.8 Å². The van der Waals surface area contributed by atoms with Gasteiger partial charge in [0.25, 0.3) is 10.0 Å². The fourth-order valence-electron chi connectivity index (χ4n) is 2.69. The molecular weight excluding hydrogens is 397 g/mol. The second-order valence-corrected chi connectivity index (χ2v) is 8.63. The van der Waals surface area contributed by atoms with Crippen molar-refractivity contribution < 1.29 is 22.4 Å². The van der Waals surface area contributed by atoms with Crippen molar-refractivity contribution in [2.45, 2.75) is 38.6 Å². The normalized spacial score (nSPS) is 12.3. The van der Waals surface area contributed by atoms with E-state index in [0.717, 1.165) is 6.07 Å². The summed E-state index contributed by atoms with van der Waals surface area (Å²) >= 11 is 0. The first-order valence-corrected chi connectivity index (χ1v) is 10.5. The molecule has 0 saturated heterocycles. The summed E-state index contributed by atoms with van der Waals surface area (Å²) in [7, 11) is -4.09. The number of benzene rings is 2. The van der Waals surface area contributed by atoms with E-state index in [9.17, 15) is 22.4 Å². The average molecular weight is 421 g/mol. The van der Waals surface area contributed by atoms with Crippen molar-refractivity contribution in [2.24, 2.45) is 5.92 Å². The molecular formula is C20H24FN3O4S. The number of carbonyl (C=O) groups is 2. The van der Waals surface area contributed by atoms with Crippen LogP contribution in [-0.4, -0.2) is 26.3 Å². The Labute approximate surface area is 169 Å². The van der Waals surface area contributed by atoms with Crippen molar-refractivity contribution in [2.75, 3.05) is 10.0 Å². The third kappa shape index (κ3) is 5.77. The minimum atomic E-state index is -4.09. The Morgan fingerprint density at radius 1 is 1.07 bits per heavy atom. The lowest BCUT2D eigenvalue weighted by molar-refractivity contribution is -0.126. The first-order valence-electron chi connectivity index (χ1n) is 8.97. The van der Waals surface area contributed by atoms with Crippen molar-refractivity contribution in [3.05, 3.63) is 53.8 Å². The minimum Gasteiger partial charge on any atom is -0.344 e. The summed E-state index contributed by atoms with van der Waals surface area (Å²) in [6.07, 6.45) is 0. The van der Waals surface area contributed by atoms with Crippen LogP contribution in [0, 0.1) is 18.7 Å². The van der Waals surface area contributed by atoms with Gasteiger partial charge in [0.05, 0.1) is 10.6 Å². The SMILES string of the molecule is CC(=O)N[C@H](C(=O)Nc1ccc(C)c(S(=O)(=O)Nc2ccccc2F)c1)C(C)C. The standard InChI is InChI=1S/C20H24FN3O4S/c1-12(2)19(22-14(4)25)20(26)23-15-10-9-13(3)18(11-15)29(27,28)24-17-8-6-5-7-16(17)21/h5-12,19,24H,1-4H3,(H,22,25)(H,23,26)/t19-/m0/s1. The van der Waals surface area contributed by atoms with Crippen molar-refractivity contribution in [1.82, 2.24) is 5.32 Å². The van der Waals surface area contributed by atoms with E-state index in [0.29, 0.717) is 5.56 Å². The molecule has 0 aliphatic rings. The van der Waals surface area contributed by atoms with Crippen molar-refractivity contribution in [3.8, 4) is 0 Å². The maximum atomic E-state index is 13.8. The van der Waals surface area contributed by atoms with E-state index >= 15 is 0 Å². The van der Waals surface area contributed by atoms with Crippen LogP contribution in [0.1, 0.15) is 26.3 Å². The number of nitrogens with one attached hydrogen (secondary N) is 3. The number of rotatable bonds is 7. The fraction of sp³-hybridized carbons (Fsp3) is 0.300. The second kappa shape index (κ2) is 9.04. The number of amides is 2. The fourth-order valence-corrected chi connectivity index (χ4v) is 4.02.